The van der Waals surface area contributed by atoms with Gasteiger partial charge in [-0.2, -0.15) is 0 Å². The number of aliphatic hydroxyl groups is 4. The molecule has 0 aromatic heterocycles. The summed E-state index contributed by atoms with van der Waals surface area (Å²) in [6.45, 7) is -0.846. The van der Waals surface area contributed by atoms with E-state index in [4.69, 9.17) is 21.1 Å². The summed E-state index contributed by atoms with van der Waals surface area (Å²) in [6, 6.07) is -0.965. The maximum absolute atomic E-state index is 11.6. The van der Waals surface area contributed by atoms with Crippen LogP contribution < -0.4 is 11.1 Å². The molecule has 0 aromatic rings. The average Bonchev–Trinajstić information content (AvgIpc) is 2.47. The molecule has 0 rings (SSSR count). The van der Waals surface area contributed by atoms with Crippen molar-refractivity contribution in [3.05, 3.63) is 0 Å². The monoisotopic (exact) mass is 308 g/mol. The third kappa shape index (κ3) is 7.46. The van der Waals surface area contributed by atoms with Gasteiger partial charge in [-0.1, -0.05) is 6.42 Å². The van der Waals surface area contributed by atoms with E-state index in [1.807, 2.05) is 0 Å². The number of carboxylic acids is 1. The van der Waals surface area contributed by atoms with Crippen LogP contribution >= 0.6 is 0 Å². The van der Waals surface area contributed by atoms with E-state index in [9.17, 15) is 19.8 Å². The molecule has 0 unspecified atom stereocenters. The van der Waals surface area contributed by atoms with E-state index in [2.05, 4.69) is 5.32 Å². The van der Waals surface area contributed by atoms with Gasteiger partial charge in [-0.15, -0.1) is 0 Å². The lowest BCUT2D eigenvalue weighted by Gasteiger charge is -2.21. The number of hydrogen-bond donors (Lipinski definition) is 7. The number of hydrogen-bond acceptors (Lipinski definition) is 8. The molecule has 0 spiro atoms. The molecule has 0 fully saturated rings. The van der Waals surface area contributed by atoms with Crippen LogP contribution in [0, 0.1) is 0 Å². The Kier molecular flexibility index (Phi) is 10.0. The summed E-state index contributed by atoms with van der Waals surface area (Å²) in [5, 5.41) is 48.0. The molecule has 0 saturated carbocycles. The first-order valence-corrected chi connectivity index (χ1v) is 6.69. The van der Waals surface area contributed by atoms with Gasteiger partial charge in [-0.25, -0.2) is 0 Å². The van der Waals surface area contributed by atoms with Crippen LogP contribution in [0.3, 0.4) is 0 Å². The van der Waals surface area contributed by atoms with Crippen LogP contribution in [-0.2, 0) is 9.59 Å². The second kappa shape index (κ2) is 10.6. The van der Waals surface area contributed by atoms with Gasteiger partial charge in [-0.3, -0.25) is 14.9 Å². The lowest BCUT2D eigenvalue weighted by atomic mass is 10.0. The van der Waals surface area contributed by atoms with Gasteiger partial charge in [0.25, 0.3) is 0 Å². The van der Waals surface area contributed by atoms with Crippen molar-refractivity contribution in [1.29, 1.82) is 0 Å². The number of rotatable bonds is 12. The van der Waals surface area contributed by atoms with Crippen LogP contribution in [0.5, 0.6) is 0 Å². The Bertz CT molecular complexity index is 327. The zero-order valence-electron chi connectivity index (χ0n) is 11.7. The summed E-state index contributed by atoms with van der Waals surface area (Å²) in [5.41, 5.74) is 5.30. The highest BCUT2D eigenvalue weighted by molar-refractivity contribution is 5.86. The van der Waals surface area contributed by atoms with Crippen molar-refractivity contribution in [1.82, 2.24) is 5.32 Å². The quantitative estimate of drug-likeness (QED) is 0.183. The maximum Gasteiger partial charge on any atom is 0.320 e. The molecule has 9 nitrogen and oxygen atoms in total. The van der Waals surface area contributed by atoms with Crippen LogP contribution in [0.4, 0.5) is 0 Å². The lowest BCUT2D eigenvalue weighted by Crippen LogP contribution is -2.48. The molecule has 0 aromatic carbocycles. The number of nitrogens with one attached hydrogen (secondary N) is 1. The molecule has 21 heavy (non-hydrogen) atoms. The van der Waals surface area contributed by atoms with Gasteiger partial charge in [0.15, 0.2) is 5.78 Å². The standard InChI is InChI=1S/C12H24N2O7/c13-4-2-1-3-7(12(20)21)14-5-8(16)10(18)11(19)9(17)6-15/h7,9-11,14-15,17-19H,1-6,13H2,(H,20,21)/t7-,9+,10+,11+/m0/s1. The minimum Gasteiger partial charge on any atom is -0.480 e. The van der Waals surface area contributed by atoms with Crippen LogP contribution in [-0.4, -0.2) is 81.3 Å². The number of carboxylic acid groups (broad SMARTS) is 1. The molecule has 0 bridgehead atoms. The zero-order chi connectivity index (χ0) is 16.4. The van der Waals surface area contributed by atoms with Gasteiger partial charge in [0.1, 0.15) is 24.4 Å². The van der Waals surface area contributed by atoms with Crippen molar-refractivity contribution in [2.24, 2.45) is 5.73 Å². The molecule has 0 radical (unpaired) electrons. The van der Waals surface area contributed by atoms with E-state index in [-0.39, 0.29) is 6.42 Å². The first-order chi connectivity index (χ1) is 9.84. The molecule has 0 aliphatic rings. The zero-order valence-corrected chi connectivity index (χ0v) is 11.7. The molecule has 4 atom stereocenters. The predicted molar refractivity (Wildman–Crippen MR) is 72.4 cm³/mol. The fourth-order valence-electron chi connectivity index (χ4n) is 1.64. The highest BCUT2D eigenvalue weighted by atomic mass is 16.4. The third-order valence-corrected chi connectivity index (χ3v) is 3.00. The van der Waals surface area contributed by atoms with Gasteiger partial charge < -0.3 is 31.3 Å². The molecule has 0 aliphatic heterocycles. The summed E-state index contributed by atoms with van der Waals surface area (Å²) in [5.74, 6) is -2.01. The van der Waals surface area contributed by atoms with E-state index in [0.29, 0.717) is 19.4 Å². The first kappa shape index (κ1) is 19.9. The number of Topliss-reactive ketones (excluding diaryl/α,β-unsaturated/α-hetero) is 1. The molecule has 124 valence electrons. The van der Waals surface area contributed by atoms with Crippen LogP contribution in [0.25, 0.3) is 0 Å². The first-order valence-electron chi connectivity index (χ1n) is 6.69. The highest BCUT2D eigenvalue weighted by Gasteiger charge is 2.30. The number of carbonyl (C=O) groups is 2. The minimum absolute atomic E-state index is 0.276. The number of nitrogens with two attached hydrogens (primary N) is 1. The average molecular weight is 308 g/mol. The number of aliphatic hydroxyl groups excluding tert-OH is 4. The van der Waals surface area contributed by atoms with E-state index in [1.165, 1.54) is 0 Å². The van der Waals surface area contributed by atoms with E-state index < -0.39 is 49.3 Å². The van der Waals surface area contributed by atoms with E-state index in [0.717, 1.165) is 0 Å². The Morgan fingerprint density at radius 3 is 2.24 bits per heavy atom. The Morgan fingerprint density at radius 2 is 1.76 bits per heavy atom. The molecule has 0 amide bonds. The third-order valence-electron chi connectivity index (χ3n) is 3.00. The van der Waals surface area contributed by atoms with Crippen molar-refractivity contribution in [2.45, 2.75) is 43.6 Å². The number of aliphatic carboxylic acids is 1. The van der Waals surface area contributed by atoms with Gasteiger partial charge in [0.05, 0.1) is 13.2 Å². The minimum atomic E-state index is -1.90. The highest BCUT2D eigenvalue weighted by Crippen LogP contribution is 2.03. The topological polar surface area (TPSA) is 173 Å². The summed E-state index contributed by atoms with van der Waals surface area (Å²) in [6.07, 6.45) is -3.88. The number of unbranched alkanes of at least 4 members (excludes halogenated alkanes) is 1. The smallest absolute Gasteiger partial charge is 0.320 e. The number of carbonyl (C=O) groups excluding carboxylic acids is 1. The molecular weight excluding hydrogens is 284 g/mol. The lowest BCUT2D eigenvalue weighted by molar-refractivity contribution is -0.141. The van der Waals surface area contributed by atoms with Crippen molar-refractivity contribution in [3.63, 3.8) is 0 Å². The Hall–Kier alpha value is -1.10. The van der Waals surface area contributed by atoms with Crippen molar-refractivity contribution < 1.29 is 35.1 Å². The van der Waals surface area contributed by atoms with Crippen molar-refractivity contribution in [2.75, 3.05) is 19.7 Å². The van der Waals surface area contributed by atoms with Gasteiger partial charge in [0.2, 0.25) is 0 Å². The molecule has 8 N–H and O–H groups in total. The van der Waals surface area contributed by atoms with Crippen molar-refractivity contribution >= 4 is 11.8 Å². The van der Waals surface area contributed by atoms with Gasteiger partial charge in [-0.05, 0) is 19.4 Å². The van der Waals surface area contributed by atoms with Crippen LogP contribution in [0.2, 0.25) is 0 Å². The molecule has 9 heteroatoms. The Morgan fingerprint density at radius 1 is 1.14 bits per heavy atom. The Labute approximate surface area is 122 Å². The van der Waals surface area contributed by atoms with E-state index in [1.54, 1.807) is 0 Å². The van der Waals surface area contributed by atoms with Gasteiger partial charge in [0, 0.05) is 0 Å². The molecule has 0 aliphatic carbocycles. The summed E-state index contributed by atoms with van der Waals surface area (Å²) in [4.78, 5) is 22.6. The summed E-state index contributed by atoms with van der Waals surface area (Å²) >= 11 is 0. The fraction of sp³-hybridized carbons (Fsp3) is 0.833. The van der Waals surface area contributed by atoms with Gasteiger partial charge >= 0.3 is 5.97 Å². The van der Waals surface area contributed by atoms with Crippen LogP contribution in [0.15, 0.2) is 0 Å². The normalized spacial score (nSPS) is 17.0. The summed E-state index contributed by atoms with van der Waals surface area (Å²) in [7, 11) is 0. The maximum atomic E-state index is 11.6. The summed E-state index contributed by atoms with van der Waals surface area (Å²) < 4.78 is 0. The fourth-order valence-corrected chi connectivity index (χ4v) is 1.64. The van der Waals surface area contributed by atoms with Crippen molar-refractivity contribution in [3.8, 4) is 0 Å². The Balaban J connectivity index is 4.32. The second-order valence-electron chi connectivity index (χ2n) is 4.71. The SMILES string of the molecule is NCCCC[C@H](NCC(=O)[C@@H](O)[C@H](O)[C@H](O)CO)C(=O)O. The second-order valence-corrected chi connectivity index (χ2v) is 4.71. The largest absolute Gasteiger partial charge is 0.480 e. The van der Waals surface area contributed by atoms with E-state index >= 15 is 0 Å². The molecular formula is C12H24N2O7. The predicted octanol–water partition coefficient (Wildman–Crippen LogP) is -3.20. The molecule has 0 saturated heterocycles. The number of ketones is 1. The molecule has 0 heterocycles. The van der Waals surface area contributed by atoms with Crippen LogP contribution in [0.1, 0.15) is 19.3 Å².